The van der Waals surface area contributed by atoms with Gasteiger partial charge in [0.2, 0.25) is 0 Å². The average Bonchev–Trinajstić information content (AvgIpc) is 3.83. The second kappa shape index (κ2) is 12.1. The third-order valence-electron chi connectivity index (χ3n) is 8.77. The molecule has 0 spiro atoms. The van der Waals surface area contributed by atoms with Gasteiger partial charge < -0.3 is 16.1 Å². The fraction of sp³-hybridized carbons (Fsp3) is 0.200. The van der Waals surface area contributed by atoms with Crippen molar-refractivity contribution in [3.05, 3.63) is 126 Å². The molecule has 11 heteroatoms. The molecule has 2 aromatic heterocycles. The zero-order valence-corrected chi connectivity index (χ0v) is 25.6. The molecule has 0 bridgehead atoms. The van der Waals surface area contributed by atoms with Crippen LogP contribution in [-0.2, 0) is 5.44 Å². The highest BCUT2D eigenvalue weighted by molar-refractivity contribution is 6.19. The minimum absolute atomic E-state index is 0.0316. The molecule has 46 heavy (non-hydrogen) atoms. The maximum Gasteiger partial charge on any atom is 0.148 e. The summed E-state index contributed by atoms with van der Waals surface area (Å²) in [5, 5.41) is 20.6. The summed E-state index contributed by atoms with van der Waals surface area (Å²) in [5.74, 6) is -0.302. The number of fused-ring (bicyclic) bond motifs is 1. The summed E-state index contributed by atoms with van der Waals surface area (Å²) in [6.45, 7) is 2.12. The Morgan fingerprint density at radius 3 is 2.54 bits per heavy atom. The van der Waals surface area contributed by atoms with Gasteiger partial charge in [0, 0.05) is 53.0 Å². The number of anilines is 2. The number of rotatable bonds is 10. The first kappa shape index (κ1) is 29.3. The van der Waals surface area contributed by atoms with Crippen molar-refractivity contribution in [2.75, 3.05) is 10.6 Å². The first-order chi connectivity index (χ1) is 22.5. The van der Waals surface area contributed by atoms with Crippen LogP contribution in [0.4, 0.5) is 15.8 Å². The number of halogens is 1. The van der Waals surface area contributed by atoms with Crippen LogP contribution in [0.1, 0.15) is 48.9 Å². The SMILES string of the molecule is BC(Nc1cc(-c2cncnc2)c2ncc(C#N)c(N[C@H](CC)c3ccccc3)c2c1)(C1=CN(C2CC2)NN1)c1ccc(F)cc1. The Morgan fingerprint density at radius 1 is 1.09 bits per heavy atom. The van der Waals surface area contributed by atoms with E-state index in [9.17, 15) is 9.65 Å². The van der Waals surface area contributed by atoms with E-state index in [0.29, 0.717) is 22.8 Å². The topological polar surface area (TPSA) is 114 Å². The summed E-state index contributed by atoms with van der Waals surface area (Å²) < 4.78 is 14.1. The minimum atomic E-state index is -0.799. The van der Waals surface area contributed by atoms with Crippen LogP contribution < -0.4 is 21.6 Å². The average molecular weight is 610 g/mol. The molecule has 1 saturated carbocycles. The normalized spacial score (nSPS) is 16.2. The molecule has 3 heterocycles. The second-order valence-electron chi connectivity index (χ2n) is 11.9. The minimum Gasteiger partial charge on any atom is -0.378 e. The number of hydrogen-bond acceptors (Lipinski definition) is 9. The van der Waals surface area contributed by atoms with Crippen molar-refractivity contribution in [1.82, 2.24) is 30.9 Å². The number of nitriles is 1. The van der Waals surface area contributed by atoms with Crippen LogP contribution in [0.3, 0.4) is 0 Å². The van der Waals surface area contributed by atoms with Gasteiger partial charge in [-0.25, -0.2) is 14.4 Å². The lowest BCUT2D eigenvalue weighted by Gasteiger charge is -2.34. The molecule has 5 aromatic rings. The summed E-state index contributed by atoms with van der Waals surface area (Å²) in [6, 6.07) is 23.6. The van der Waals surface area contributed by atoms with Gasteiger partial charge in [-0.3, -0.25) is 9.99 Å². The van der Waals surface area contributed by atoms with Crippen molar-refractivity contribution >= 4 is 30.1 Å². The van der Waals surface area contributed by atoms with E-state index < -0.39 is 5.44 Å². The third kappa shape index (κ3) is 5.59. The Morgan fingerprint density at radius 2 is 1.85 bits per heavy atom. The molecule has 4 N–H and O–H groups in total. The molecule has 1 aliphatic carbocycles. The van der Waals surface area contributed by atoms with Gasteiger partial charge in [0.15, 0.2) is 0 Å². The summed E-state index contributed by atoms with van der Waals surface area (Å²) in [4.78, 5) is 13.4. The van der Waals surface area contributed by atoms with Crippen molar-refractivity contribution in [1.29, 1.82) is 5.26 Å². The fourth-order valence-electron chi connectivity index (χ4n) is 6.05. The van der Waals surface area contributed by atoms with E-state index >= 15 is 0 Å². The van der Waals surface area contributed by atoms with E-state index in [2.05, 4.69) is 75.7 Å². The Hall–Kier alpha value is -5.47. The van der Waals surface area contributed by atoms with Gasteiger partial charge in [-0.15, -0.1) is 5.53 Å². The van der Waals surface area contributed by atoms with Crippen molar-refractivity contribution < 1.29 is 4.39 Å². The Labute approximate surface area is 268 Å². The van der Waals surface area contributed by atoms with Gasteiger partial charge in [0.25, 0.3) is 0 Å². The number of nitrogens with zero attached hydrogens (tertiary/aromatic N) is 5. The first-order valence-electron chi connectivity index (χ1n) is 15.5. The molecule has 3 aromatic carbocycles. The molecule has 2 atom stereocenters. The Bertz CT molecular complexity index is 1940. The van der Waals surface area contributed by atoms with Crippen LogP contribution in [0.25, 0.3) is 22.0 Å². The highest BCUT2D eigenvalue weighted by atomic mass is 19.1. The lowest BCUT2D eigenvalue weighted by Crippen LogP contribution is -2.45. The maximum atomic E-state index is 14.1. The number of nitrogens with one attached hydrogen (secondary N) is 4. The molecule has 1 unspecified atom stereocenters. The maximum absolute atomic E-state index is 14.1. The molecule has 9 nitrogen and oxygen atoms in total. The van der Waals surface area contributed by atoms with Crippen molar-refractivity contribution in [3.63, 3.8) is 0 Å². The molecular formula is C35H33BFN9. The van der Waals surface area contributed by atoms with E-state index in [-0.39, 0.29) is 11.9 Å². The molecule has 0 amide bonds. The predicted molar refractivity (Wildman–Crippen MR) is 180 cm³/mol. The van der Waals surface area contributed by atoms with E-state index in [0.717, 1.165) is 58.3 Å². The van der Waals surface area contributed by atoms with Crippen LogP contribution in [0.15, 0.2) is 104 Å². The molecule has 0 radical (unpaired) electrons. The zero-order valence-electron chi connectivity index (χ0n) is 25.6. The van der Waals surface area contributed by atoms with Crippen LogP contribution in [0.2, 0.25) is 0 Å². The van der Waals surface area contributed by atoms with Gasteiger partial charge in [0.05, 0.1) is 33.9 Å². The lowest BCUT2D eigenvalue weighted by molar-refractivity contribution is 0.260. The Kier molecular flexibility index (Phi) is 7.72. The van der Waals surface area contributed by atoms with Gasteiger partial charge in [-0.1, -0.05) is 49.4 Å². The van der Waals surface area contributed by atoms with E-state index in [1.54, 1.807) is 30.7 Å². The highest BCUT2D eigenvalue weighted by Crippen LogP contribution is 2.40. The smallest absolute Gasteiger partial charge is 0.148 e. The summed E-state index contributed by atoms with van der Waals surface area (Å²) in [7, 11) is 2.07. The van der Waals surface area contributed by atoms with Crippen molar-refractivity contribution in [2.24, 2.45) is 0 Å². The summed E-state index contributed by atoms with van der Waals surface area (Å²) >= 11 is 0. The summed E-state index contributed by atoms with van der Waals surface area (Å²) in [5.41, 5.74) is 13.0. The van der Waals surface area contributed by atoms with Crippen LogP contribution in [0, 0.1) is 17.1 Å². The van der Waals surface area contributed by atoms with Gasteiger partial charge >= 0.3 is 0 Å². The van der Waals surface area contributed by atoms with Crippen molar-refractivity contribution in [2.45, 2.75) is 43.7 Å². The highest BCUT2D eigenvalue weighted by Gasteiger charge is 2.38. The molecule has 228 valence electrons. The largest absolute Gasteiger partial charge is 0.378 e. The van der Waals surface area contributed by atoms with Crippen LogP contribution >= 0.6 is 0 Å². The van der Waals surface area contributed by atoms with Gasteiger partial charge in [-0.2, -0.15) is 5.26 Å². The molecule has 7 rings (SSSR count). The summed E-state index contributed by atoms with van der Waals surface area (Å²) in [6.07, 6.45) is 11.8. The monoisotopic (exact) mass is 609 g/mol. The van der Waals surface area contributed by atoms with Crippen molar-refractivity contribution in [3.8, 4) is 17.2 Å². The second-order valence-corrected chi connectivity index (χ2v) is 11.9. The Balaban J connectivity index is 1.40. The van der Waals surface area contributed by atoms with E-state index in [1.807, 2.05) is 30.3 Å². The fourth-order valence-corrected chi connectivity index (χ4v) is 6.05. The zero-order chi connectivity index (χ0) is 31.7. The van der Waals surface area contributed by atoms with Crippen LogP contribution in [0.5, 0.6) is 0 Å². The molecular weight excluding hydrogens is 576 g/mol. The van der Waals surface area contributed by atoms with E-state index in [4.69, 9.17) is 4.98 Å². The quantitative estimate of drug-likeness (QED) is 0.153. The third-order valence-corrected chi connectivity index (χ3v) is 8.77. The lowest BCUT2D eigenvalue weighted by atomic mass is 9.69. The number of benzene rings is 3. The molecule has 1 fully saturated rings. The molecule has 1 aliphatic heterocycles. The van der Waals surface area contributed by atoms with Crippen LogP contribution in [-0.4, -0.2) is 33.8 Å². The number of pyridine rings is 1. The predicted octanol–water partition coefficient (Wildman–Crippen LogP) is 5.49. The standard InChI is InChI=1S/C35H33BFN9/c1-2-31(22-6-4-3-5-7-22)42-33-23(16-38)19-41-34-29(24-17-39-21-40-18-24)14-27(15-30(33)34)43-35(36,25-8-10-26(37)11-9-25)32-20-46(45-44-32)28-12-13-28/h3-11,14-15,17-21,28,31,43-45H,2,12-13,36H2,1H3,(H,41,42)/t31-,35?/m1/s1. The van der Waals surface area contributed by atoms with Gasteiger partial charge in [0.1, 0.15) is 26.1 Å². The number of hydrazine groups is 2. The van der Waals surface area contributed by atoms with Gasteiger partial charge in [-0.05, 0) is 54.7 Å². The number of aromatic nitrogens is 3. The first-order valence-corrected chi connectivity index (χ1v) is 15.5. The molecule has 2 aliphatic rings. The number of hydrogen-bond donors (Lipinski definition) is 4. The molecule has 0 saturated heterocycles. The van der Waals surface area contributed by atoms with E-state index in [1.165, 1.54) is 18.5 Å².